The van der Waals surface area contributed by atoms with E-state index in [0.717, 1.165) is 0 Å². The van der Waals surface area contributed by atoms with E-state index in [4.69, 9.17) is 0 Å². The van der Waals surface area contributed by atoms with Crippen molar-refractivity contribution in [3.8, 4) is 0 Å². The molecule has 1 N–H and O–H groups in total. The molecule has 0 bridgehead atoms. The van der Waals surface area contributed by atoms with Crippen LogP contribution < -0.4 is 0 Å². The molecule has 0 aliphatic rings. The lowest BCUT2D eigenvalue weighted by Gasteiger charge is -2.31. The molecule has 0 aliphatic carbocycles. The highest BCUT2D eigenvalue weighted by molar-refractivity contribution is 5.25. The minimum Gasteiger partial charge on any atom is -0.392 e. The van der Waals surface area contributed by atoms with Gasteiger partial charge in [0.1, 0.15) is 0 Å². The van der Waals surface area contributed by atoms with Crippen molar-refractivity contribution >= 4 is 0 Å². The molecule has 0 saturated carbocycles. The van der Waals surface area contributed by atoms with Gasteiger partial charge in [-0.05, 0) is 5.56 Å². The molecule has 1 nitrogen and oxygen atoms in total. The van der Waals surface area contributed by atoms with E-state index in [1.54, 1.807) is 44.2 Å². The summed E-state index contributed by atoms with van der Waals surface area (Å²) in [5.41, 5.74) is -0.205. The highest BCUT2D eigenvalue weighted by Crippen LogP contribution is 2.33. The fraction of sp³-hybridized carbons (Fsp3) is 0.500. The Labute approximate surface area is 92.9 Å². The zero-order valence-corrected chi connectivity index (χ0v) is 9.25. The first-order chi connectivity index (χ1) is 7.23. The van der Waals surface area contributed by atoms with E-state index in [9.17, 15) is 18.3 Å². The summed E-state index contributed by atoms with van der Waals surface area (Å²) in [5, 5.41) is 9.65. The molecule has 1 aromatic carbocycles. The van der Waals surface area contributed by atoms with Gasteiger partial charge in [-0.3, -0.25) is 0 Å². The van der Waals surface area contributed by atoms with Crippen molar-refractivity contribution in [1.82, 2.24) is 0 Å². The Balaban J connectivity index is 2.86. The highest BCUT2D eigenvalue weighted by atomic mass is 19.4. The molecule has 0 aromatic heterocycles. The van der Waals surface area contributed by atoms with Gasteiger partial charge in [-0.15, -0.1) is 0 Å². The first-order valence-corrected chi connectivity index (χ1v) is 5.04. The maximum Gasteiger partial charge on any atom is 0.391 e. The topological polar surface area (TPSA) is 20.2 Å². The largest absolute Gasteiger partial charge is 0.392 e. The van der Waals surface area contributed by atoms with E-state index in [0.29, 0.717) is 5.56 Å². The van der Waals surface area contributed by atoms with Crippen LogP contribution in [0.2, 0.25) is 0 Å². The molecule has 1 unspecified atom stereocenters. The molecule has 0 aliphatic heterocycles. The summed E-state index contributed by atoms with van der Waals surface area (Å²) in [4.78, 5) is 0. The molecule has 1 atom stereocenters. The second kappa shape index (κ2) is 4.45. The van der Waals surface area contributed by atoms with Crippen molar-refractivity contribution in [3.05, 3.63) is 35.9 Å². The van der Waals surface area contributed by atoms with Gasteiger partial charge in [0.05, 0.1) is 12.5 Å². The molecule has 0 radical (unpaired) electrons. The van der Waals surface area contributed by atoms with Gasteiger partial charge in [0.25, 0.3) is 0 Å². The van der Waals surface area contributed by atoms with Crippen molar-refractivity contribution in [2.45, 2.75) is 38.0 Å². The van der Waals surface area contributed by atoms with Crippen LogP contribution in [0, 0.1) is 0 Å². The van der Waals surface area contributed by atoms with Crippen LogP contribution >= 0.6 is 0 Å². The van der Waals surface area contributed by atoms with Crippen LogP contribution in [0.3, 0.4) is 0 Å². The number of benzene rings is 1. The third kappa shape index (κ3) is 3.23. The van der Waals surface area contributed by atoms with E-state index >= 15 is 0 Å². The van der Waals surface area contributed by atoms with Gasteiger partial charge >= 0.3 is 6.18 Å². The van der Waals surface area contributed by atoms with Crippen LogP contribution in [-0.4, -0.2) is 17.4 Å². The number of hydrogen-bond donors (Lipinski definition) is 1. The van der Waals surface area contributed by atoms with Crippen molar-refractivity contribution in [2.24, 2.45) is 0 Å². The second-order valence-corrected chi connectivity index (χ2v) is 4.42. The lowest BCUT2D eigenvalue weighted by molar-refractivity contribution is -0.160. The summed E-state index contributed by atoms with van der Waals surface area (Å²) in [6.07, 6.45) is -6.96. The number of halogens is 3. The molecule has 4 heteroatoms. The Morgan fingerprint density at radius 2 is 1.62 bits per heavy atom. The van der Waals surface area contributed by atoms with Gasteiger partial charge in [0.2, 0.25) is 0 Å². The van der Waals surface area contributed by atoms with Crippen LogP contribution in [0.15, 0.2) is 30.3 Å². The molecule has 0 saturated heterocycles. The zero-order chi connectivity index (χ0) is 12.4. The third-order valence-electron chi connectivity index (χ3n) is 2.78. The fourth-order valence-corrected chi connectivity index (χ4v) is 1.53. The van der Waals surface area contributed by atoms with Crippen LogP contribution in [-0.2, 0) is 5.41 Å². The standard InChI is InChI=1S/C12H15F3O/c1-11(2,9-6-4-3-5-7-9)10(16)8-12(13,14)15/h3-7,10,16H,8H2,1-2H3. The minimum atomic E-state index is -4.34. The second-order valence-electron chi connectivity index (χ2n) is 4.42. The van der Waals surface area contributed by atoms with Crippen molar-refractivity contribution in [3.63, 3.8) is 0 Å². The quantitative estimate of drug-likeness (QED) is 0.847. The maximum atomic E-state index is 12.2. The van der Waals surface area contributed by atoms with Gasteiger partial charge < -0.3 is 5.11 Å². The zero-order valence-electron chi connectivity index (χ0n) is 9.25. The molecule has 90 valence electrons. The van der Waals surface area contributed by atoms with E-state index < -0.39 is 24.1 Å². The molecule has 0 spiro atoms. The number of rotatable bonds is 3. The van der Waals surface area contributed by atoms with E-state index in [-0.39, 0.29) is 0 Å². The molecule has 1 aromatic rings. The Morgan fingerprint density at radius 3 is 2.06 bits per heavy atom. The summed E-state index contributed by atoms with van der Waals surface area (Å²) in [5.74, 6) is 0. The molecule has 0 fully saturated rings. The average molecular weight is 232 g/mol. The summed E-state index contributed by atoms with van der Waals surface area (Å²) < 4.78 is 36.6. The maximum absolute atomic E-state index is 12.2. The first kappa shape index (κ1) is 13.0. The summed E-state index contributed by atoms with van der Waals surface area (Å²) in [6, 6.07) is 8.73. The summed E-state index contributed by atoms with van der Waals surface area (Å²) in [7, 11) is 0. The van der Waals surface area contributed by atoms with Gasteiger partial charge in [-0.2, -0.15) is 13.2 Å². The van der Waals surface area contributed by atoms with Gasteiger partial charge in [-0.25, -0.2) is 0 Å². The lowest BCUT2D eigenvalue weighted by atomic mass is 9.78. The normalized spacial score (nSPS) is 14.9. The minimum absolute atomic E-state index is 0.701. The van der Waals surface area contributed by atoms with Crippen LogP contribution in [0.1, 0.15) is 25.8 Å². The highest BCUT2D eigenvalue weighted by Gasteiger charge is 2.39. The summed E-state index contributed by atoms with van der Waals surface area (Å²) >= 11 is 0. The number of aliphatic hydroxyl groups excluding tert-OH is 1. The predicted octanol–water partition coefficient (Wildman–Crippen LogP) is 3.28. The Morgan fingerprint density at radius 1 is 1.12 bits per heavy atom. The number of aliphatic hydroxyl groups is 1. The first-order valence-electron chi connectivity index (χ1n) is 5.04. The summed E-state index contributed by atoms with van der Waals surface area (Å²) in [6.45, 7) is 3.22. The molecular formula is C12H15F3O. The molecule has 0 amide bonds. The Bertz CT molecular complexity index is 330. The Kier molecular flexibility index (Phi) is 3.63. The molecule has 1 rings (SSSR count). The Hall–Kier alpha value is -1.03. The average Bonchev–Trinajstić information content (AvgIpc) is 2.16. The van der Waals surface area contributed by atoms with E-state index in [2.05, 4.69) is 0 Å². The number of hydrogen-bond acceptors (Lipinski definition) is 1. The predicted molar refractivity (Wildman–Crippen MR) is 56.1 cm³/mol. The smallest absolute Gasteiger partial charge is 0.391 e. The fourth-order valence-electron chi connectivity index (χ4n) is 1.53. The van der Waals surface area contributed by atoms with Gasteiger partial charge in [0.15, 0.2) is 0 Å². The molecular weight excluding hydrogens is 217 g/mol. The number of alkyl halides is 3. The lowest BCUT2D eigenvalue weighted by Crippen LogP contribution is -2.37. The monoisotopic (exact) mass is 232 g/mol. The SMILES string of the molecule is CC(C)(c1ccccc1)C(O)CC(F)(F)F. The molecule has 0 heterocycles. The van der Waals surface area contributed by atoms with Crippen LogP contribution in [0.25, 0.3) is 0 Å². The van der Waals surface area contributed by atoms with E-state index in [1.807, 2.05) is 0 Å². The van der Waals surface area contributed by atoms with Gasteiger partial charge in [0, 0.05) is 5.41 Å². The third-order valence-corrected chi connectivity index (χ3v) is 2.78. The van der Waals surface area contributed by atoms with Crippen molar-refractivity contribution in [1.29, 1.82) is 0 Å². The van der Waals surface area contributed by atoms with Gasteiger partial charge in [-0.1, -0.05) is 44.2 Å². The van der Waals surface area contributed by atoms with Crippen LogP contribution in [0.4, 0.5) is 13.2 Å². The van der Waals surface area contributed by atoms with Crippen molar-refractivity contribution in [2.75, 3.05) is 0 Å². The van der Waals surface area contributed by atoms with Crippen LogP contribution in [0.5, 0.6) is 0 Å². The molecule has 16 heavy (non-hydrogen) atoms. The van der Waals surface area contributed by atoms with E-state index in [1.165, 1.54) is 0 Å². The van der Waals surface area contributed by atoms with Crippen molar-refractivity contribution < 1.29 is 18.3 Å².